The van der Waals surface area contributed by atoms with Crippen LogP contribution in [-0.4, -0.2) is 42.3 Å². The number of halogens is 1. The van der Waals surface area contributed by atoms with E-state index in [4.69, 9.17) is 10.5 Å². The molecule has 0 unspecified atom stereocenters. The zero-order valence-corrected chi connectivity index (χ0v) is 17.5. The van der Waals surface area contributed by atoms with E-state index in [-0.39, 0.29) is 34.5 Å². The van der Waals surface area contributed by atoms with Gasteiger partial charge in [0.2, 0.25) is 10.0 Å². The molecule has 1 saturated carbocycles. The number of hydrogen-bond acceptors (Lipinski definition) is 6. The van der Waals surface area contributed by atoms with Gasteiger partial charge in [0.15, 0.2) is 9.84 Å². The lowest BCUT2D eigenvalue weighted by Gasteiger charge is -2.28. The van der Waals surface area contributed by atoms with E-state index in [9.17, 15) is 16.8 Å². The first-order valence-corrected chi connectivity index (χ1v) is 11.6. The molecule has 0 aliphatic heterocycles. The highest BCUT2D eigenvalue weighted by atomic mass is 35.5. The van der Waals surface area contributed by atoms with Gasteiger partial charge in [0.05, 0.1) is 12.0 Å². The van der Waals surface area contributed by atoms with Crippen molar-refractivity contribution in [3.63, 3.8) is 0 Å². The summed E-state index contributed by atoms with van der Waals surface area (Å²) in [6.45, 7) is 0.113. The Morgan fingerprint density at radius 3 is 2.19 bits per heavy atom. The summed E-state index contributed by atoms with van der Waals surface area (Å²) in [6, 6.07) is 3.78. The Labute approximate surface area is 162 Å². The van der Waals surface area contributed by atoms with Gasteiger partial charge >= 0.3 is 0 Å². The monoisotopic (exact) mass is 426 g/mol. The zero-order valence-electron chi connectivity index (χ0n) is 15.0. The second kappa shape index (κ2) is 8.88. The first-order chi connectivity index (χ1) is 11.6. The number of benzene rings is 1. The predicted molar refractivity (Wildman–Crippen MR) is 103 cm³/mol. The summed E-state index contributed by atoms with van der Waals surface area (Å²) >= 11 is 0. The zero-order chi connectivity index (χ0) is 18.7. The van der Waals surface area contributed by atoms with Crippen LogP contribution in [0.3, 0.4) is 0 Å². The molecule has 1 aromatic carbocycles. The van der Waals surface area contributed by atoms with Gasteiger partial charge in [-0.2, -0.15) is 0 Å². The van der Waals surface area contributed by atoms with Crippen molar-refractivity contribution in [1.29, 1.82) is 0 Å². The molecule has 0 spiro atoms. The minimum atomic E-state index is -3.95. The van der Waals surface area contributed by atoms with Crippen LogP contribution >= 0.6 is 12.4 Å². The third-order valence-corrected chi connectivity index (χ3v) is 7.10. The molecule has 7 nitrogen and oxygen atoms in total. The number of rotatable bonds is 6. The average Bonchev–Trinajstić information content (AvgIpc) is 2.77. The molecule has 1 aliphatic carbocycles. The lowest BCUT2D eigenvalue weighted by atomic mass is 9.92. The molecule has 10 heteroatoms. The van der Waals surface area contributed by atoms with Crippen molar-refractivity contribution >= 4 is 32.3 Å². The smallest absolute Gasteiger partial charge is 0.244 e. The average molecular weight is 427 g/mol. The molecule has 1 fully saturated rings. The molecule has 0 amide bonds. The maximum atomic E-state index is 12.7. The predicted octanol–water partition coefficient (Wildman–Crippen LogP) is 1.85. The molecule has 0 heterocycles. The normalized spacial score (nSPS) is 17.8. The molecule has 3 N–H and O–H groups in total. The van der Waals surface area contributed by atoms with Gasteiger partial charge < -0.3 is 10.5 Å². The molecule has 0 saturated heterocycles. The molecule has 0 atom stereocenters. The summed E-state index contributed by atoms with van der Waals surface area (Å²) in [5.74, 6) is 0.0897. The van der Waals surface area contributed by atoms with Crippen molar-refractivity contribution < 1.29 is 21.6 Å². The summed E-state index contributed by atoms with van der Waals surface area (Å²) in [7, 11) is -6.15. The Hall–Kier alpha value is -0.870. The Morgan fingerprint density at radius 1 is 1.12 bits per heavy atom. The number of hydrogen-bond donors (Lipinski definition) is 2. The molecular weight excluding hydrogens is 400 g/mol. The van der Waals surface area contributed by atoms with Gasteiger partial charge in [-0.25, -0.2) is 21.6 Å². The number of nitrogens with two attached hydrogens (primary N) is 1. The lowest BCUT2D eigenvalue weighted by molar-refractivity contribution is 0.368. The fraction of sp³-hybridized carbons (Fsp3) is 0.625. The molecule has 0 bridgehead atoms. The fourth-order valence-corrected chi connectivity index (χ4v) is 5.08. The van der Waals surface area contributed by atoms with Crippen molar-refractivity contribution in [2.24, 2.45) is 5.73 Å². The van der Waals surface area contributed by atoms with Crippen LogP contribution in [0.2, 0.25) is 0 Å². The van der Waals surface area contributed by atoms with Crippen LogP contribution < -0.4 is 15.2 Å². The third kappa shape index (κ3) is 5.82. The van der Waals surface area contributed by atoms with Crippen molar-refractivity contribution in [2.45, 2.75) is 53.9 Å². The van der Waals surface area contributed by atoms with Gasteiger partial charge in [0.1, 0.15) is 10.6 Å². The first kappa shape index (κ1) is 23.2. The Balaban J connectivity index is 0.00000338. The highest BCUT2D eigenvalue weighted by molar-refractivity contribution is 7.91. The number of sulfone groups is 1. The fourth-order valence-electron chi connectivity index (χ4n) is 3.02. The Morgan fingerprint density at radius 2 is 1.69 bits per heavy atom. The van der Waals surface area contributed by atoms with Crippen LogP contribution in [0, 0.1) is 0 Å². The third-order valence-electron chi connectivity index (χ3n) is 4.57. The molecule has 1 aliphatic rings. The maximum Gasteiger partial charge on any atom is 0.244 e. The maximum absolute atomic E-state index is 12.7. The van der Waals surface area contributed by atoms with Crippen LogP contribution in [0.1, 0.15) is 38.5 Å². The van der Waals surface area contributed by atoms with Crippen molar-refractivity contribution in [3.8, 4) is 5.75 Å². The van der Waals surface area contributed by atoms with Crippen LogP contribution in [0.15, 0.2) is 28.0 Å². The van der Waals surface area contributed by atoms with Crippen LogP contribution in [0.5, 0.6) is 5.75 Å². The molecular formula is C16H27ClN2O5S2. The van der Waals surface area contributed by atoms with E-state index < -0.39 is 25.4 Å². The van der Waals surface area contributed by atoms with E-state index in [0.29, 0.717) is 0 Å². The quantitative estimate of drug-likeness (QED) is 0.670. The number of methoxy groups -OCH3 is 1. The van der Waals surface area contributed by atoms with E-state index >= 15 is 0 Å². The standard InChI is InChI=1S/C16H26N2O5S2.ClH/c1-23-14-8-7-13(24(2,19)20)11-15(14)25(21,22)18-12-16(17)9-5-3-4-6-10-16;/h7-8,11,18H,3-6,9-10,12,17H2,1-2H3;1H. The van der Waals surface area contributed by atoms with Crippen molar-refractivity contribution in [1.82, 2.24) is 4.72 Å². The number of sulfonamides is 1. The molecule has 1 aromatic rings. The summed E-state index contributed by atoms with van der Waals surface area (Å²) in [6.07, 6.45) is 6.72. The summed E-state index contributed by atoms with van der Waals surface area (Å²) in [5, 5.41) is 0. The van der Waals surface area contributed by atoms with Gasteiger partial charge in [-0.15, -0.1) is 12.4 Å². The van der Waals surface area contributed by atoms with Crippen molar-refractivity contribution in [2.75, 3.05) is 19.9 Å². The Bertz CT molecular complexity index is 817. The van der Waals surface area contributed by atoms with Crippen LogP contribution in [0.25, 0.3) is 0 Å². The van der Waals surface area contributed by atoms with E-state index in [1.165, 1.54) is 19.2 Å². The molecule has 0 radical (unpaired) electrons. The minimum Gasteiger partial charge on any atom is -0.495 e. The second-order valence-electron chi connectivity index (χ2n) is 6.69. The van der Waals surface area contributed by atoms with Gasteiger partial charge in [-0.1, -0.05) is 25.7 Å². The van der Waals surface area contributed by atoms with Gasteiger partial charge in [0.25, 0.3) is 0 Å². The highest BCUT2D eigenvalue weighted by Crippen LogP contribution is 2.28. The van der Waals surface area contributed by atoms with Gasteiger partial charge in [-0.05, 0) is 31.0 Å². The molecule has 26 heavy (non-hydrogen) atoms. The van der Waals surface area contributed by atoms with E-state index in [1.54, 1.807) is 0 Å². The number of nitrogens with one attached hydrogen (secondary N) is 1. The highest BCUT2D eigenvalue weighted by Gasteiger charge is 2.30. The number of ether oxygens (including phenoxy) is 1. The van der Waals surface area contributed by atoms with E-state index in [2.05, 4.69) is 4.72 Å². The summed E-state index contributed by atoms with van der Waals surface area (Å²) < 4.78 is 56.5. The van der Waals surface area contributed by atoms with Crippen LogP contribution in [0.4, 0.5) is 0 Å². The van der Waals surface area contributed by atoms with E-state index in [0.717, 1.165) is 50.8 Å². The van der Waals surface area contributed by atoms with Gasteiger partial charge in [-0.3, -0.25) is 0 Å². The van der Waals surface area contributed by atoms with Crippen molar-refractivity contribution in [3.05, 3.63) is 18.2 Å². The van der Waals surface area contributed by atoms with Crippen LogP contribution in [-0.2, 0) is 19.9 Å². The summed E-state index contributed by atoms with van der Waals surface area (Å²) in [5.41, 5.74) is 5.78. The molecule has 0 aromatic heterocycles. The Kier molecular flexibility index (Phi) is 7.91. The minimum absolute atomic E-state index is 0. The lowest BCUT2D eigenvalue weighted by Crippen LogP contribution is -2.49. The van der Waals surface area contributed by atoms with Gasteiger partial charge in [0, 0.05) is 18.3 Å². The summed E-state index contributed by atoms with van der Waals surface area (Å²) in [4.78, 5) is -0.277. The second-order valence-corrected chi connectivity index (χ2v) is 10.4. The largest absolute Gasteiger partial charge is 0.495 e. The first-order valence-electron chi connectivity index (χ1n) is 8.24. The molecule has 150 valence electrons. The van der Waals surface area contributed by atoms with E-state index in [1.807, 2.05) is 0 Å². The topological polar surface area (TPSA) is 116 Å². The SMILES string of the molecule is COc1ccc(S(C)(=O)=O)cc1S(=O)(=O)NCC1(N)CCCCCC1.Cl. The molecule has 2 rings (SSSR count).